The van der Waals surface area contributed by atoms with Gasteiger partial charge in [0.25, 0.3) is 0 Å². The van der Waals surface area contributed by atoms with E-state index in [2.05, 4.69) is 57.6 Å². The number of anilines is 2. The van der Waals surface area contributed by atoms with Crippen LogP contribution in [0.2, 0.25) is 0 Å². The molecule has 4 rings (SSSR count). The first-order valence-electron chi connectivity index (χ1n) is 8.68. The average Bonchev–Trinajstić information content (AvgIpc) is 3.12. The average molecular weight is 337 g/mol. The van der Waals surface area contributed by atoms with Gasteiger partial charge in [-0.2, -0.15) is 0 Å². The maximum absolute atomic E-state index is 5.44. The molecule has 1 N–H and O–H groups in total. The lowest BCUT2D eigenvalue weighted by Crippen LogP contribution is -2.37. The van der Waals surface area contributed by atoms with Crippen LogP contribution in [-0.4, -0.2) is 36.3 Å². The van der Waals surface area contributed by atoms with Crippen LogP contribution in [-0.2, 0) is 4.74 Å². The number of ether oxygens (including phenoxy) is 1. The van der Waals surface area contributed by atoms with E-state index >= 15 is 0 Å². The number of aromatic nitrogens is 2. The van der Waals surface area contributed by atoms with Gasteiger partial charge in [0.1, 0.15) is 11.6 Å². The smallest absolute Gasteiger partial charge is 0.152 e. The number of nitrogens with zero attached hydrogens (tertiary/aromatic N) is 4. The van der Waals surface area contributed by atoms with Gasteiger partial charge >= 0.3 is 0 Å². The van der Waals surface area contributed by atoms with Gasteiger partial charge in [-0.3, -0.25) is 5.01 Å². The quantitative estimate of drug-likeness (QED) is 0.929. The fourth-order valence-electron chi connectivity index (χ4n) is 3.21. The van der Waals surface area contributed by atoms with E-state index in [9.17, 15) is 0 Å². The van der Waals surface area contributed by atoms with Crippen LogP contribution in [0.25, 0.3) is 0 Å². The molecule has 1 saturated heterocycles. The molecule has 1 unspecified atom stereocenters. The first-order valence-corrected chi connectivity index (χ1v) is 8.68. The third-order valence-corrected chi connectivity index (χ3v) is 4.50. The molecule has 0 bridgehead atoms. The molecule has 2 aliphatic rings. The van der Waals surface area contributed by atoms with E-state index in [-0.39, 0.29) is 6.04 Å². The van der Waals surface area contributed by atoms with Crippen molar-refractivity contribution in [1.29, 1.82) is 0 Å². The van der Waals surface area contributed by atoms with Crippen LogP contribution < -0.4 is 15.3 Å². The van der Waals surface area contributed by atoms with Gasteiger partial charge in [0, 0.05) is 25.4 Å². The minimum Gasteiger partial charge on any atom is -0.378 e. The Morgan fingerprint density at radius 3 is 2.68 bits per heavy atom. The summed E-state index contributed by atoms with van der Waals surface area (Å²) in [6, 6.07) is 10.7. The zero-order valence-corrected chi connectivity index (χ0v) is 14.6. The molecule has 2 aliphatic heterocycles. The van der Waals surface area contributed by atoms with E-state index in [1.165, 1.54) is 11.1 Å². The lowest BCUT2D eigenvalue weighted by atomic mass is 10.1. The van der Waals surface area contributed by atoms with Crippen LogP contribution in [0.1, 0.15) is 23.0 Å². The van der Waals surface area contributed by atoms with Gasteiger partial charge in [0.2, 0.25) is 0 Å². The minimum absolute atomic E-state index is 0.155. The summed E-state index contributed by atoms with van der Waals surface area (Å²) in [5, 5.41) is 1.98. The summed E-state index contributed by atoms with van der Waals surface area (Å²) < 4.78 is 5.44. The van der Waals surface area contributed by atoms with Crippen LogP contribution in [0, 0.1) is 13.8 Å². The number of aryl methyl sites for hydroxylation is 2. The molecular weight excluding hydrogens is 314 g/mol. The second kappa shape index (κ2) is 6.82. The van der Waals surface area contributed by atoms with Crippen LogP contribution in [0.15, 0.2) is 42.6 Å². The monoisotopic (exact) mass is 337 g/mol. The van der Waals surface area contributed by atoms with Gasteiger partial charge in [-0.1, -0.05) is 29.8 Å². The summed E-state index contributed by atoms with van der Waals surface area (Å²) in [6.45, 7) is 7.27. The zero-order chi connectivity index (χ0) is 17.2. The van der Waals surface area contributed by atoms with Crippen LogP contribution >= 0.6 is 0 Å². The Morgan fingerprint density at radius 1 is 1.08 bits per heavy atom. The van der Waals surface area contributed by atoms with E-state index in [1.54, 1.807) is 0 Å². The molecule has 1 aromatic carbocycles. The second-order valence-corrected chi connectivity index (χ2v) is 6.46. The molecule has 0 saturated carbocycles. The normalized spacial score (nSPS) is 20.3. The lowest BCUT2D eigenvalue weighted by molar-refractivity contribution is 0.122. The largest absolute Gasteiger partial charge is 0.378 e. The van der Waals surface area contributed by atoms with E-state index in [1.807, 2.05) is 24.2 Å². The third kappa shape index (κ3) is 3.50. The summed E-state index contributed by atoms with van der Waals surface area (Å²) in [6.07, 6.45) is 4.19. The molecule has 130 valence electrons. The van der Waals surface area contributed by atoms with Gasteiger partial charge in [0.15, 0.2) is 5.82 Å². The Morgan fingerprint density at radius 2 is 1.88 bits per heavy atom. The van der Waals surface area contributed by atoms with Crippen molar-refractivity contribution in [1.82, 2.24) is 15.4 Å². The number of hydrazine groups is 1. The van der Waals surface area contributed by atoms with Gasteiger partial charge in [0.05, 0.1) is 19.3 Å². The van der Waals surface area contributed by atoms with Crippen molar-refractivity contribution in [3.63, 3.8) is 0 Å². The second-order valence-electron chi connectivity index (χ2n) is 6.46. The highest BCUT2D eigenvalue weighted by Gasteiger charge is 2.21. The van der Waals surface area contributed by atoms with E-state index in [4.69, 9.17) is 4.74 Å². The summed E-state index contributed by atoms with van der Waals surface area (Å²) in [5.74, 6) is 2.59. The van der Waals surface area contributed by atoms with E-state index in [0.717, 1.165) is 43.8 Å². The Balaban J connectivity index is 1.54. The van der Waals surface area contributed by atoms with Crippen molar-refractivity contribution < 1.29 is 4.74 Å². The summed E-state index contributed by atoms with van der Waals surface area (Å²) in [5.41, 5.74) is 6.01. The van der Waals surface area contributed by atoms with Gasteiger partial charge < -0.3 is 9.64 Å². The molecule has 6 heteroatoms. The first kappa shape index (κ1) is 16.1. The Kier molecular flexibility index (Phi) is 4.38. The lowest BCUT2D eigenvalue weighted by Gasteiger charge is -2.29. The Bertz CT molecular complexity index is 785. The SMILES string of the molecule is Cc1cccc(C2C=CN(c3cc(N4CCOCC4)nc(C)n3)N2)c1. The highest BCUT2D eigenvalue weighted by molar-refractivity contribution is 5.53. The van der Waals surface area contributed by atoms with Crippen molar-refractivity contribution in [2.45, 2.75) is 19.9 Å². The highest BCUT2D eigenvalue weighted by atomic mass is 16.5. The van der Waals surface area contributed by atoms with E-state index in [0.29, 0.717) is 0 Å². The summed E-state index contributed by atoms with van der Waals surface area (Å²) in [7, 11) is 0. The maximum Gasteiger partial charge on any atom is 0.152 e. The number of hydrogen-bond donors (Lipinski definition) is 1. The summed E-state index contributed by atoms with van der Waals surface area (Å²) >= 11 is 0. The predicted molar refractivity (Wildman–Crippen MR) is 98.5 cm³/mol. The van der Waals surface area contributed by atoms with Crippen molar-refractivity contribution in [2.24, 2.45) is 0 Å². The van der Waals surface area contributed by atoms with Crippen LogP contribution in [0.3, 0.4) is 0 Å². The van der Waals surface area contributed by atoms with E-state index < -0.39 is 0 Å². The van der Waals surface area contributed by atoms with Crippen molar-refractivity contribution in [3.05, 3.63) is 59.6 Å². The zero-order valence-electron chi connectivity index (χ0n) is 14.6. The Hall–Kier alpha value is -2.44. The van der Waals surface area contributed by atoms with Crippen LogP contribution in [0.4, 0.5) is 11.6 Å². The molecule has 0 amide bonds. The van der Waals surface area contributed by atoms with Gasteiger partial charge in [-0.05, 0) is 25.5 Å². The number of benzene rings is 1. The van der Waals surface area contributed by atoms with Crippen LogP contribution in [0.5, 0.6) is 0 Å². The van der Waals surface area contributed by atoms with Gasteiger partial charge in [-0.25, -0.2) is 15.4 Å². The van der Waals surface area contributed by atoms with Crippen molar-refractivity contribution in [2.75, 3.05) is 36.2 Å². The summed E-state index contributed by atoms with van der Waals surface area (Å²) in [4.78, 5) is 11.4. The molecule has 3 heterocycles. The molecular formula is C19H23N5O. The molecule has 1 aromatic heterocycles. The topological polar surface area (TPSA) is 53.5 Å². The molecule has 2 aromatic rings. The van der Waals surface area contributed by atoms with Crippen molar-refractivity contribution in [3.8, 4) is 0 Å². The predicted octanol–water partition coefficient (Wildman–Crippen LogP) is 2.51. The number of nitrogens with one attached hydrogen (secondary N) is 1. The first-order chi connectivity index (χ1) is 12.2. The molecule has 0 aliphatic carbocycles. The number of rotatable bonds is 3. The molecule has 1 fully saturated rings. The molecule has 0 radical (unpaired) electrons. The molecule has 25 heavy (non-hydrogen) atoms. The standard InChI is InChI=1S/C19H23N5O/c1-14-4-3-5-16(12-14)17-6-7-24(22-17)19-13-18(20-15(2)21-19)23-8-10-25-11-9-23/h3-7,12-13,17,22H,8-11H2,1-2H3. The molecule has 6 nitrogen and oxygen atoms in total. The molecule has 1 atom stereocenters. The maximum atomic E-state index is 5.44. The molecule has 0 spiro atoms. The fraction of sp³-hybridized carbons (Fsp3) is 0.368. The highest BCUT2D eigenvalue weighted by Crippen LogP contribution is 2.26. The third-order valence-electron chi connectivity index (χ3n) is 4.50. The fourth-order valence-corrected chi connectivity index (χ4v) is 3.21. The Labute approximate surface area is 148 Å². The van der Waals surface area contributed by atoms with Crippen molar-refractivity contribution >= 4 is 11.6 Å². The number of morpholine rings is 1. The minimum atomic E-state index is 0.155. The number of hydrogen-bond acceptors (Lipinski definition) is 6. The van der Waals surface area contributed by atoms with Gasteiger partial charge in [-0.15, -0.1) is 0 Å².